The van der Waals surface area contributed by atoms with Gasteiger partial charge < -0.3 is 4.43 Å². The van der Waals surface area contributed by atoms with E-state index in [1.807, 2.05) is 18.2 Å². The van der Waals surface area contributed by atoms with Gasteiger partial charge in [0.2, 0.25) is 0 Å². The van der Waals surface area contributed by atoms with Crippen LogP contribution < -0.4 is 0 Å². The highest BCUT2D eigenvalue weighted by molar-refractivity contribution is 6.48. The van der Waals surface area contributed by atoms with Crippen LogP contribution in [0.3, 0.4) is 0 Å². The van der Waals surface area contributed by atoms with Crippen LogP contribution in [0.25, 0.3) is 0 Å². The van der Waals surface area contributed by atoms with Gasteiger partial charge in [-0.25, -0.2) is 0 Å². The van der Waals surface area contributed by atoms with Gasteiger partial charge in [0, 0.05) is 6.07 Å². The molecule has 0 N–H and O–H groups in total. The molecule has 0 aliphatic carbocycles. The molecule has 5 heteroatoms. The lowest BCUT2D eigenvalue weighted by atomic mass is 9.94. The topological polar surface area (TPSA) is 52.4 Å². The molecule has 0 bridgehead atoms. The fourth-order valence-electron chi connectivity index (χ4n) is 1.79. The number of hydrogen-bond donors (Lipinski definition) is 0. The number of nitro benzene ring substituents is 1. The Balaban J connectivity index is 3.17. The third-order valence-electron chi connectivity index (χ3n) is 2.63. The Labute approximate surface area is 122 Å². The van der Waals surface area contributed by atoms with Crippen molar-refractivity contribution in [2.45, 2.75) is 40.0 Å². The summed E-state index contributed by atoms with van der Waals surface area (Å²) < 4.78 is 5.97. The van der Waals surface area contributed by atoms with Crippen molar-refractivity contribution in [3.05, 3.63) is 52.1 Å². The standard InChI is InChI=1S/C15H23NO3Si/c1-15(2,3)11-10-14(19-20(4)5)12-8-6-7-9-13(12)16(17)18/h6-11,14,20H,1-5H3/b11-10+. The van der Waals surface area contributed by atoms with Gasteiger partial charge in [-0.2, -0.15) is 0 Å². The van der Waals surface area contributed by atoms with Gasteiger partial charge in [0.15, 0.2) is 9.04 Å². The van der Waals surface area contributed by atoms with E-state index in [4.69, 9.17) is 4.43 Å². The summed E-state index contributed by atoms with van der Waals surface area (Å²) in [5.41, 5.74) is 0.758. The van der Waals surface area contributed by atoms with Gasteiger partial charge in [0.1, 0.15) is 0 Å². The average Bonchev–Trinajstić information content (AvgIpc) is 2.33. The molecule has 110 valence electrons. The Morgan fingerprint density at radius 1 is 1.30 bits per heavy atom. The van der Waals surface area contributed by atoms with E-state index in [0.29, 0.717) is 5.56 Å². The van der Waals surface area contributed by atoms with E-state index in [2.05, 4.69) is 33.9 Å². The number of benzene rings is 1. The minimum atomic E-state index is -1.31. The van der Waals surface area contributed by atoms with Gasteiger partial charge in [-0.15, -0.1) is 0 Å². The smallest absolute Gasteiger partial charge is 0.275 e. The predicted molar refractivity (Wildman–Crippen MR) is 84.4 cm³/mol. The van der Waals surface area contributed by atoms with Crippen molar-refractivity contribution in [3.8, 4) is 0 Å². The predicted octanol–water partition coefficient (Wildman–Crippen LogP) is 4.24. The summed E-state index contributed by atoms with van der Waals surface area (Å²) in [6, 6.07) is 6.79. The van der Waals surface area contributed by atoms with Crippen molar-refractivity contribution < 1.29 is 9.35 Å². The molecule has 0 aromatic heterocycles. The Hall–Kier alpha value is -1.46. The largest absolute Gasteiger partial charge is 0.410 e. The maximum absolute atomic E-state index is 11.2. The molecule has 0 heterocycles. The van der Waals surface area contributed by atoms with Gasteiger partial charge in [-0.1, -0.05) is 45.1 Å². The first-order valence-corrected chi connectivity index (χ1v) is 9.57. The van der Waals surface area contributed by atoms with Crippen LogP contribution in [0, 0.1) is 15.5 Å². The van der Waals surface area contributed by atoms with Crippen molar-refractivity contribution in [2.24, 2.45) is 5.41 Å². The zero-order chi connectivity index (χ0) is 15.3. The van der Waals surface area contributed by atoms with E-state index < -0.39 is 9.04 Å². The van der Waals surface area contributed by atoms with Gasteiger partial charge in [-0.05, 0) is 24.6 Å². The summed E-state index contributed by atoms with van der Waals surface area (Å²) in [6.07, 6.45) is 3.64. The molecule has 0 spiro atoms. The second kappa shape index (κ2) is 6.81. The lowest BCUT2D eigenvalue weighted by Crippen LogP contribution is -2.14. The molecule has 0 fully saturated rings. The SMILES string of the molecule is C[SiH](C)OC(/C=C/C(C)(C)C)c1ccccc1[N+](=O)[O-]. The Morgan fingerprint density at radius 2 is 1.90 bits per heavy atom. The molecule has 0 saturated heterocycles. The first-order valence-electron chi connectivity index (χ1n) is 6.79. The number of rotatable bonds is 5. The van der Waals surface area contributed by atoms with E-state index in [1.54, 1.807) is 12.1 Å². The molecule has 1 atom stereocenters. The van der Waals surface area contributed by atoms with Crippen molar-refractivity contribution in [1.82, 2.24) is 0 Å². The molecule has 1 unspecified atom stereocenters. The van der Waals surface area contributed by atoms with E-state index in [0.717, 1.165) is 0 Å². The molecule has 0 aliphatic rings. The van der Waals surface area contributed by atoms with Crippen LogP contribution >= 0.6 is 0 Å². The minimum Gasteiger partial charge on any atom is -0.410 e. The van der Waals surface area contributed by atoms with Crippen LogP contribution in [0.5, 0.6) is 0 Å². The lowest BCUT2D eigenvalue weighted by Gasteiger charge is -2.20. The van der Waals surface area contributed by atoms with Crippen LogP contribution in [0.4, 0.5) is 5.69 Å². The summed E-state index contributed by atoms with van der Waals surface area (Å²) in [4.78, 5) is 10.8. The Kier molecular flexibility index (Phi) is 5.65. The highest BCUT2D eigenvalue weighted by Crippen LogP contribution is 2.30. The number of hydrogen-bond acceptors (Lipinski definition) is 3. The average molecular weight is 293 g/mol. The summed E-state index contributed by atoms with van der Waals surface area (Å²) in [5.74, 6) is 0. The summed E-state index contributed by atoms with van der Waals surface area (Å²) >= 11 is 0. The Morgan fingerprint density at radius 3 is 2.40 bits per heavy atom. The fourth-order valence-corrected chi connectivity index (χ4v) is 2.61. The first-order chi connectivity index (χ1) is 9.20. The van der Waals surface area contributed by atoms with Gasteiger partial charge in [0.25, 0.3) is 5.69 Å². The molecule has 0 radical (unpaired) electrons. The van der Waals surface area contributed by atoms with Crippen LogP contribution in [0.15, 0.2) is 36.4 Å². The second-order valence-electron chi connectivity index (χ2n) is 6.15. The molecule has 20 heavy (non-hydrogen) atoms. The molecular weight excluding hydrogens is 270 g/mol. The summed E-state index contributed by atoms with van der Waals surface area (Å²) in [6.45, 7) is 10.4. The van der Waals surface area contributed by atoms with Gasteiger partial charge in [0.05, 0.1) is 16.6 Å². The van der Waals surface area contributed by atoms with Crippen LogP contribution in [0.2, 0.25) is 13.1 Å². The van der Waals surface area contributed by atoms with Crippen LogP contribution in [0.1, 0.15) is 32.4 Å². The maximum atomic E-state index is 11.2. The molecule has 4 nitrogen and oxygen atoms in total. The first kappa shape index (κ1) is 16.6. The highest BCUT2D eigenvalue weighted by atomic mass is 28.3. The van der Waals surface area contributed by atoms with Gasteiger partial charge in [-0.3, -0.25) is 10.1 Å². The van der Waals surface area contributed by atoms with Crippen LogP contribution in [-0.2, 0) is 4.43 Å². The maximum Gasteiger partial charge on any atom is 0.275 e. The van der Waals surface area contributed by atoms with E-state index >= 15 is 0 Å². The lowest BCUT2D eigenvalue weighted by molar-refractivity contribution is -0.386. The third kappa shape index (κ3) is 5.26. The molecule has 0 amide bonds. The van der Waals surface area contributed by atoms with Crippen LogP contribution in [-0.4, -0.2) is 14.0 Å². The molecule has 0 aliphatic heterocycles. The van der Waals surface area contributed by atoms with E-state index in [9.17, 15) is 10.1 Å². The quantitative estimate of drug-likeness (QED) is 0.353. The molecule has 1 aromatic carbocycles. The summed E-state index contributed by atoms with van der Waals surface area (Å²) in [5, 5.41) is 11.2. The van der Waals surface area contributed by atoms with Crippen molar-refractivity contribution in [3.63, 3.8) is 0 Å². The number of para-hydroxylation sites is 1. The number of nitro groups is 1. The fraction of sp³-hybridized carbons (Fsp3) is 0.467. The highest BCUT2D eigenvalue weighted by Gasteiger charge is 2.21. The van der Waals surface area contributed by atoms with Crippen molar-refractivity contribution in [2.75, 3.05) is 0 Å². The molecule has 1 aromatic rings. The van der Waals surface area contributed by atoms with E-state index in [-0.39, 0.29) is 22.1 Å². The third-order valence-corrected chi connectivity index (χ3v) is 3.47. The molecule has 0 saturated carbocycles. The number of allylic oxidation sites excluding steroid dienone is 1. The minimum absolute atomic E-state index is 0.0176. The second-order valence-corrected chi connectivity index (χ2v) is 8.52. The monoisotopic (exact) mass is 293 g/mol. The number of nitrogens with zero attached hydrogens (tertiary/aromatic N) is 1. The zero-order valence-corrected chi connectivity index (χ0v) is 13.9. The summed E-state index contributed by atoms with van der Waals surface area (Å²) in [7, 11) is -1.31. The van der Waals surface area contributed by atoms with Crippen molar-refractivity contribution in [1.29, 1.82) is 0 Å². The molecule has 1 rings (SSSR count). The zero-order valence-electron chi connectivity index (χ0n) is 12.8. The normalized spacial score (nSPS) is 13.9. The van der Waals surface area contributed by atoms with Crippen molar-refractivity contribution >= 4 is 14.7 Å². The Bertz CT molecular complexity index is 492. The van der Waals surface area contributed by atoms with Gasteiger partial charge >= 0.3 is 0 Å². The van der Waals surface area contributed by atoms with E-state index in [1.165, 1.54) is 6.07 Å². The molecular formula is C15H23NO3Si.